The molecule has 0 amide bonds. The van der Waals surface area contributed by atoms with Crippen LogP contribution in [0.25, 0.3) is 32.9 Å². The number of pyridine rings is 1. The predicted molar refractivity (Wildman–Crippen MR) is 169 cm³/mol. The number of piperidine rings is 1. The largest absolute Gasteiger partial charge is 0.357 e. The van der Waals surface area contributed by atoms with Gasteiger partial charge in [0.25, 0.3) is 0 Å². The summed E-state index contributed by atoms with van der Waals surface area (Å²) in [5.41, 5.74) is 0.649. The summed E-state index contributed by atoms with van der Waals surface area (Å²) in [6.07, 6.45) is 12.9. The van der Waals surface area contributed by atoms with E-state index in [1.165, 1.54) is 18.6 Å². The SMILES string of the molecule is C#Cc1c(F)ccc2cc(C#N)cc(-c3ncc4c(N(C)C[C@@H]5CCCCN5)nc(N5CC6CCC(C5)N6C)nc4c3F)c12. The molecule has 3 atom stereocenters. The molecule has 3 aliphatic rings. The molecule has 224 valence electrons. The number of aromatic nitrogens is 3. The van der Waals surface area contributed by atoms with Crippen LogP contribution in [-0.4, -0.2) is 78.3 Å². The maximum absolute atomic E-state index is 16.9. The fourth-order valence-corrected chi connectivity index (χ4v) is 7.26. The van der Waals surface area contributed by atoms with Gasteiger partial charge in [-0.15, -0.1) is 6.42 Å². The van der Waals surface area contributed by atoms with E-state index in [-0.39, 0.29) is 22.3 Å². The molecule has 7 rings (SSSR count). The number of terminal acetylenes is 1. The molecular weight excluding hydrogens is 558 g/mol. The van der Waals surface area contributed by atoms with E-state index in [2.05, 4.69) is 44.0 Å². The summed E-state index contributed by atoms with van der Waals surface area (Å²) in [5.74, 6) is 2.27. The zero-order chi connectivity index (χ0) is 30.5. The van der Waals surface area contributed by atoms with Gasteiger partial charge in [-0.2, -0.15) is 10.2 Å². The van der Waals surface area contributed by atoms with Crippen LogP contribution < -0.4 is 15.1 Å². The summed E-state index contributed by atoms with van der Waals surface area (Å²) in [6, 6.07) is 9.17. The topological polar surface area (TPSA) is 84.2 Å². The van der Waals surface area contributed by atoms with Crippen molar-refractivity contribution in [2.24, 2.45) is 0 Å². The van der Waals surface area contributed by atoms with E-state index in [0.29, 0.717) is 58.2 Å². The van der Waals surface area contributed by atoms with Gasteiger partial charge in [0, 0.05) is 62.0 Å². The minimum Gasteiger partial charge on any atom is -0.357 e. The van der Waals surface area contributed by atoms with E-state index in [4.69, 9.17) is 16.4 Å². The molecule has 3 aliphatic heterocycles. The van der Waals surface area contributed by atoms with Gasteiger partial charge >= 0.3 is 0 Å². The van der Waals surface area contributed by atoms with Crippen molar-refractivity contribution in [1.82, 2.24) is 25.2 Å². The number of likely N-dealkylation sites (N-methyl/N-ethyl adjacent to an activating group) is 2. The van der Waals surface area contributed by atoms with Crippen LogP contribution in [0.1, 0.15) is 43.2 Å². The highest BCUT2D eigenvalue weighted by atomic mass is 19.1. The smallest absolute Gasteiger partial charge is 0.228 e. The van der Waals surface area contributed by atoms with Gasteiger partial charge < -0.3 is 15.1 Å². The van der Waals surface area contributed by atoms with Crippen LogP contribution in [0.4, 0.5) is 20.5 Å². The summed E-state index contributed by atoms with van der Waals surface area (Å²) in [7, 11) is 4.15. The van der Waals surface area contributed by atoms with Crippen LogP contribution in [0, 0.1) is 35.3 Å². The Kier molecular flexibility index (Phi) is 7.28. The van der Waals surface area contributed by atoms with E-state index in [1.54, 1.807) is 18.3 Å². The van der Waals surface area contributed by atoms with Crippen molar-refractivity contribution in [2.45, 2.75) is 50.2 Å². The molecule has 1 N–H and O–H groups in total. The molecule has 0 saturated carbocycles. The lowest BCUT2D eigenvalue weighted by atomic mass is 9.94. The molecule has 2 bridgehead atoms. The normalized spacial score (nSPS) is 21.9. The van der Waals surface area contributed by atoms with Crippen LogP contribution in [0.3, 0.4) is 0 Å². The standard InChI is InChI=1S/C34H34F2N8/c1-4-25-28(35)11-8-21-13-20(15-37)14-26(29(21)25)31-30(36)32-27(16-39-31)33(42(2)17-22-7-5-6-12-38-22)41-34(40-32)44-18-23-9-10-24(19-44)43(23)3/h1,8,11,13-14,16,22-24,38H,5-7,9-10,12,17-19H2,2-3H3/t22-,23?,24?/m0/s1. The third kappa shape index (κ3) is 4.79. The highest BCUT2D eigenvalue weighted by molar-refractivity contribution is 6.03. The molecule has 0 radical (unpaired) electrons. The molecule has 10 heteroatoms. The lowest BCUT2D eigenvalue weighted by Crippen LogP contribution is -2.52. The fraction of sp³-hybridized carbons (Fsp3) is 0.412. The number of nitrogens with one attached hydrogen (secondary N) is 1. The summed E-state index contributed by atoms with van der Waals surface area (Å²) >= 11 is 0. The van der Waals surface area contributed by atoms with Crippen molar-refractivity contribution in [3.05, 3.63) is 53.2 Å². The molecule has 3 fully saturated rings. The van der Waals surface area contributed by atoms with Crippen molar-refractivity contribution in [3.8, 4) is 29.7 Å². The molecule has 5 heterocycles. The molecule has 4 aromatic rings. The van der Waals surface area contributed by atoms with Crippen LogP contribution in [-0.2, 0) is 0 Å². The van der Waals surface area contributed by atoms with Gasteiger partial charge in [0.15, 0.2) is 5.82 Å². The number of rotatable bonds is 5. The Hall–Kier alpha value is -4.38. The van der Waals surface area contributed by atoms with Gasteiger partial charge in [0.05, 0.1) is 22.6 Å². The Balaban J connectivity index is 1.42. The molecular formula is C34H34F2N8. The average Bonchev–Trinajstić information content (AvgIpc) is 3.23. The summed E-state index contributed by atoms with van der Waals surface area (Å²) in [5, 5.41) is 14.7. The molecule has 0 aliphatic carbocycles. The number of hydrogen-bond donors (Lipinski definition) is 1. The lowest BCUT2D eigenvalue weighted by Gasteiger charge is -2.39. The monoisotopic (exact) mass is 592 g/mol. The van der Waals surface area contributed by atoms with Crippen molar-refractivity contribution in [3.63, 3.8) is 0 Å². The Morgan fingerprint density at radius 1 is 1.11 bits per heavy atom. The van der Waals surface area contributed by atoms with Crippen molar-refractivity contribution in [2.75, 3.05) is 50.1 Å². The maximum atomic E-state index is 16.9. The minimum absolute atomic E-state index is 0.0000191. The summed E-state index contributed by atoms with van der Waals surface area (Å²) < 4.78 is 31.8. The number of anilines is 2. The predicted octanol–water partition coefficient (Wildman–Crippen LogP) is 4.84. The Labute approximate surface area is 255 Å². The van der Waals surface area contributed by atoms with E-state index < -0.39 is 11.6 Å². The number of fused-ring (bicyclic) bond motifs is 4. The molecule has 2 aromatic heterocycles. The quantitative estimate of drug-likeness (QED) is 0.330. The van der Waals surface area contributed by atoms with Gasteiger partial charge in [0.2, 0.25) is 5.95 Å². The summed E-state index contributed by atoms with van der Waals surface area (Å²) in [6.45, 7) is 3.23. The maximum Gasteiger partial charge on any atom is 0.228 e. The molecule has 8 nitrogen and oxygen atoms in total. The number of hydrogen-bond acceptors (Lipinski definition) is 8. The molecule has 0 spiro atoms. The Morgan fingerprint density at radius 3 is 2.61 bits per heavy atom. The molecule has 44 heavy (non-hydrogen) atoms. The van der Waals surface area contributed by atoms with Gasteiger partial charge in [0.1, 0.15) is 22.8 Å². The van der Waals surface area contributed by atoms with Gasteiger partial charge in [-0.25, -0.2) is 13.8 Å². The number of nitriles is 1. The van der Waals surface area contributed by atoms with Gasteiger partial charge in [-0.1, -0.05) is 18.4 Å². The molecule has 2 aromatic carbocycles. The first-order chi connectivity index (χ1) is 21.4. The third-order valence-corrected chi connectivity index (χ3v) is 9.65. The first-order valence-electron chi connectivity index (χ1n) is 15.3. The van der Waals surface area contributed by atoms with Crippen molar-refractivity contribution in [1.29, 1.82) is 5.26 Å². The van der Waals surface area contributed by atoms with E-state index in [0.717, 1.165) is 45.3 Å². The van der Waals surface area contributed by atoms with Crippen molar-refractivity contribution >= 4 is 33.4 Å². The van der Waals surface area contributed by atoms with E-state index in [9.17, 15) is 9.65 Å². The average molecular weight is 593 g/mol. The second-order valence-electron chi connectivity index (χ2n) is 12.3. The van der Waals surface area contributed by atoms with Crippen LogP contribution in [0.5, 0.6) is 0 Å². The number of nitrogens with zero attached hydrogens (tertiary/aromatic N) is 7. The Morgan fingerprint density at radius 2 is 1.91 bits per heavy atom. The minimum atomic E-state index is -0.655. The highest BCUT2D eigenvalue weighted by Crippen LogP contribution is 2.38. The van der Waals surface area contributed by atoms with Crippen LogP contribution >= 0.6 is 0 Å². The second-order valence-corrected chi connectivity index (χ2v) is 12.3. The highest BCUT2D eigenvalue weighted by Gasteiger charge is 2.38. The van der Waals surface area contributed by atoms with Crippen LogP contribution in [0.15, 0.2) is 30.5 Å². The number of benzene rings is 2. The van der Waals surface area contributed by atoms with Gasteiger partial charge in [-0.3, -0.25) is 9.88 Å². The zero-order valence-electron chi connectivity index (χ0n) is 24.9. The first-order valence-corrected chi connectivity index (χ1v) is 15.3. The van der Waals surface area contributed by atoms with Gasteiger partial charge in [-0.05, 0) is 62.9 Å². The zero-order valence-corrected chi connectivity index (χ0v) is 24.9. The number of piperazine rings is 1. The second kappa shape index (κ2) is 11.3. The Bertz CT molecular complexity index is 1840. The van der Waals surface area contributed by atoms with Crippen molar-refractivity contribution < 1.29 is 8.78 Å². The van der Waals surface area contributed by atoms with E-state index >= 15 is 4.39 Å². The van der Waals surface area contributed by atoms with E-state index in [1.807, 2.05) is 7.05 Å². The van der Waals surface area contributed by atoms with Crippen LogP contribution in [0.2, 0.25) is 0 Å². The third-order valence-electron chi connectivity index (χ3n) is 9.65. The molecule has 3 saturated heterocycles. The summed E-state index contributed by atoms with van der Waals surface area (Å²) in [4.78, 5) is 21.1. The molecule has 2 unspecified atom stereocenters. The fourth-order valence-electron chi connectivity index (χ4n) is 7.26. The first kappa shape index (κ1) is 28.4. The number of halogens is 2. The lowest BCUT2D eigenvalue weighted by molar-refractivity contribution is 0.211.